The first-order valence-electron chi connectivity index (χ1n) is 11.2. The molecule has 0 bridgehead atoms. The third-order valence-corrected chi connectivity index (χ3v) is 6.98. The second-order valence-corrected chi connectivity index (χ2v) is 9.30. The van der Waals surface area contributed by atoms with Crippen molar-refractivity contribution in [3.63, 3.8) is 0 Å². The SMILES string of the molecule is COC(=O)c1c(-c2ccc3c(c2)CCCC3)csc1NC(=O)CCCc1ccc(C)cc1. The van der Waals surface area contributed by atoms with Crippen LogP contribution in [0.15, 0.2) is 47.8 Å². The second kappa shape index (κ2) is 10.1. The molecule has 32 heavy (non-hydrogen) atoms. The van der Waals surface area contributed by atoms with Gasteiger partial charge in [-0.25, -0.2) is 4.79 Å². The lowest BCUT2D eigenvalue weighted by Crippen LogP contribution is -2.14. The summed E-state index contributed by atoms with van der Waals surface area (Å²) in [6, 6.07) is 14.8. The van der Waals surface area contributed by atoms with Crippen LogP contribution in [0.25, 0.3) is 11.1 Å². The number of hydrogen-bond acceptors (Lipinski definition) is 4. The molecule has 4 rings (SSSR count). The van der Waals surface area contributed by atoms with Gasteiger partial charge in [0.1, 0.15) is 10.6 Å². The van der Waals surface area contributed by atoms with Gasteiger partial charge in [0.15, 0.2) is 0 Å². The standard InChI is InChI=1S/C27H29NO3S/c1-18-10-12-19(13-11-18)6-5-9-24(29)28-26-25(27(30)31-2)23(17-32-26)22-15-14-20-7-3-4-8-21(20)16-22/h10-17H,3-9H2,1-2H3,(H,28,29). The number of rotatable bonds is 7. The molecular formula is C27H29NO3S. The Kier molecular flexibility index (Phi) is 7.05. The van der Waals surface area contributed by atoms with Gasteiger partial charge in [0.25, 0.3) is 0 Å². The minimum absolute atomic E-state index is 0.0823. The lowest BCUT2D eigenvalue weighted by atomic mass is 9.89. The number of aryl methyl sites for hydroxylation is 4. The van der Waals surface area contributed by atoms with Gasteiger partial charge in [0.2, 0.25) is 5.91 Å². The zero-order valence-corrected chi connectivity index (χ0v) is 19.5. The van der Waals surface area contributed by atoms with E-state index in [0.29, 0.717) is 17.0 Å². The van der Waals surface area contributed by atoms with E-state index in [4.69, 9.17) is 4.74 Å². The highest BCUT2D eigenvalue weighted by atomic mass is 32.1. The molecule has 0 saturated heterocycles. The smallest absolute Gasteiger partial charge is 0.341 e. The van der Waals surface area contributed by atoms with Crippen LogP contribution in [0.3, 0.4) is 0 Å². The molecular weight excluding hydrogens is 418 g/mol. The highest BCUT2D eigenvalue weighted by Gasteiger charge is 2.23. The fourth-order valence-corrected chi connectivity index (χ4v) is 5.24. The summed E-state index contributed by atoms with van der Waals surface area (Å²) < 4.78 is 5.06. The molecule has 0 aliphatic heterocycles. The topological polar surface area (TPSA) is 55.4 Å². The number of carbonyl (C=O) groups excluding carboxylic acids is 2. The average molecular weight is 448 g/mol. The van der Waals surface area contributed by atoms with Crippen LogP contribution in [-0.2, 0) is 28.8 Å². The van der Waals surface area contributed by atoms with Gasteiger partial charge in [-0.3, -0.25) is 4.79 Å². The maximum Gasteiger partial charge on any atom is 0.341 e. The first kappa shape index (κ1) is 22.3. The van der Waals surface area contributed by atoms with E-state index in [-0.39, 0.29) is 5.91 Å². The van der Waals surface area contributed by atoms with Crippen molar-refractivity contribution in [1.82, 2.24) is 0 Å². The fourth-order valence-electron chi connectivity index (χ4n) is 4.26. The van der Waals surface area contributed by atoms with Crippen LogP contribution in [-0.4, -0.2) is 19.0 Å². The van der Waals surface area contributed by atoms with Gasteiger partial charge < -0.3 is 10.1 Å². The Balaban J connectivity index is 1.48. The van der Waals surface area contributed by atoms with Crippen LogP contribution in [0.2, 0.25) is 0 Å². The van der Waals surface area contributed by atoms with Gasteiger partial charge >= 0.3 is 5.97 Å². The molecule has 0 radical (unpaired) electrons. The Hall–Kier alpha value is -2.92. The summed E-state index contributed by atoms with van der Waals surface area (Å²) in [7, 11) is 1.38. The van der Waals surface area contributed by atoms with Crippen molar-refractivity contribution in [3.05, 3.63) is 75.7 Å². The number of carbonyl (C=O) groups is 2. The molecule has 0 fully saturated rings. The van der Waals surface area contributed by atoms with Crippen LogP contribution in [0.1, 0.15) is 58.3 Å². The molecule has 3 aromatic rings. The summed E-state index contributed by atoms with van der Waals surface area (Å²) >= 11 is 1.38. The van der Waals surface area contributed by atoms with E-state index in [1.54, 1.807) is 0 Å². The third kappa shape index (κ3) is 5.10. The first-order chi connectivity index (χ1) is 15.5. The summed E-state index contributed by atoms with van der Waals surface area (Å²) in [5.41, 5.74) is 7.49. The molecule has 1 aromatic heterocycles. The molecule has 0 spiro atoms. The Morgan fingerprint density at radius 1 is 1.03 bits per heavy atom. The molecule has 0 unspecified atom stereocenters. The zero-order valence-electron chi connectivity index (χ0n) is 18.7. The number of ether oxygens (including phenoxy) is 1. The molecule has 2 aromatic carbocycles. The Labute approximate surface area is 193 Å². The van der Waals surface area contributed by atoms with Gasteiger partial charge in [-0.1, -0.05) is 48.0 Å². The average Bonchev–Trinajstić information content (AvgIpc) is 3.23. The quantitative estimate of drug-likeness (QED) is 0.429. The molecule has 1 N–H and O–H groups in total. The molecule has 0 atom stereocenters. The largest absolute Gasteiger partial charge is 0.465 e. The number of methoxy groups -OCH3 is 1. The van der Waals surface area contributed by atoms with Crippen LogP contribution in [0, 0.1) is 6.92 Å². The lowest BCUT2D eigenvalue weighted by molar-refractivity contribution is -0.116. The van der Waals surface area contributed by atoms with Crippen molar-refractivity contribution < 1.29 is 14.3 Å². The Bertz CT molecular complexity index is 1110. The molecule has 166 valence electrons. The molecule has 1 aliphatic carbocycles. The number of benzene rings is 2. The van der Waals surface area contributed by atoms with Crippen LogP contribution >= 0.6 is 11.3 Å². The van der Waals surface area contributed by atoms with Gasteiger partial charge in [0, 0.05) is 17.4 Å². The number of esters is 1. The Morgan fingerprint density at radius 2 is 1.78 bits per heavy atom. The summed E-state index contributed by atoms with van der Waals surface area (Å²) in [5, 5.41) is 5.46. The molecule has 5 heteroatoms. The zero-order chi connectivity index (χ0) is 22.5. The van der Waals surface area contributed by atoms with Crippen molar-refractivity contribution in [2.45, 2.75) is 51.9 Å². The summed E-state index contributed by atoms with van der Waals surface area (Å²) in [4.78, 5) is 25.2. The summed E-state index contributed by atoms with van der Waals surface area (Å²) in [6.45, 7) is 2.07. The predicted octanol–water partition coefficient (Wildman–Crippen LogP) is 6.35. The number of anilines is 1. The van der Waals surface area contributed by atoms with E-state index in [0.717, 1.165) is 36.8 Å². The summed E-state index contributed by atoms with van der Waals surface area (Å²) in [5.74, 6) is -0.505. The normalized spacial score (nSPS) is 12.8. The van der Waals surface area contributed by atoms with Crippen LogP contribution in [0.5, 0.6) is 0 Å². The van der Waals surface area contributed by atoms with Crippen molar-refractivity contribution in [1.29, 1.82) is 0 Å². The Morgan fingerprint density at radius 3 is 2.53 bits per heavy atom. The van der Waals surface area contributed by atoms with Crippen molar-refractivity contribution in [2.75, 3.05) is 12.4 Å². The first-order valence-corrected chi connectivity index (χ1v) is 12.1. The van der Waals surface area contributed by atoms with E-state index in [2.05, 4.69) is 54.7 Å². The highest BCUT2D eigenvalue weighted by molar-refractivity contribution is 7.15. The number of amides is 1. The number of thiophene rings is 1. The number of hydrogen-bond donors (Lipinski definition) is 1. The number of fused-ring (bicyclic) bond motifs is 1. The van der Waals surface area contributed by atoms with Gasteiger partial charge in [-0.05, 0) is 67.7 Å². The minimum atomic E-state index is -0.422. The number of nitrogens with one attached hydrogen (secondary N) is 1. The van der Waals surface area contributed by atoms with Crippen molar-refractivity contribution in [2.24, 2.45) is 0 Å². The van der Waals surface area contributed by atoms with Crippen molar-refractivity contribution in [3.8, 4) is 11.1 Å². The van der Waals surface area contributed by atoms with Crippen LogP contribution < -0.4 is 5.32 Å². The molecule has 4 nitrogen and oxygen atoms in total. The summed E-state index contributed by atoms with van der Waals surface area (Å²) in [6.07, 6.45) is 6.64. The minimum Gasteiger partial charge on any atom is -0.465 e. The third-order valence-electron chi connectivity index (χ3n) is 6.08. The predicted molar refractivity (Wildman–Crippen MR) is 130 cm³/mol. The van der Waals surface area contributed by atoms with Gasteiger partial charge in [-0.15, -0.1) is 11.3 Å². The monoisotopic (exact) mass is 447 g/mol. The fraction of sp³-hybridized carbons (Fsp3) is 0.333. The molecule has 1 aliphatic rings. The molecule has 0 saturated carbocycles. The maximum atomic E-state index is 12.6. The van der Waals surface area contributed by atoms with E-state index >= 15 is 0 Å². The van der Waals surface area contributed by atoms with Crippen LogP contribution in [0.4, 0.5) is 5.00 Å². The van der Waals surface area contributed by atoms with Gasteiger partial charge in [0.05, 0.1) is 7.11 Å². The second-order valence-electron chi connectivity index (χ2n) is 8.42. The highest BCUT2D eigenvalue weighted by Crippen LogP contribution is 2.37. The van der Waals surface area contributed by atoms with E-state index < -0.39 is 5.97 Å². The van der Waals surface area contributed by atoms with E-state index in [9.17, 15) is 9.59 Å². The van der Waals surface area contributed by atoms with E-state index in [1.165, 1.54) is 53.5 Å². The molecule has 1 heterocycles. The van der Waals surface area contributed by atoms with Crippen molar-refractivity contribution >= 4 is 28.2 Å². The molecule has 1 amide bonds. The maximum absolute atomic E-state index is 12.6. The van der Waals surface area contributed by atoms with Gasteiger partial charge in [-0.2, -0.15) is 0 Å². The van der Waals surface area contributed by atoms with E-state index in [1.807, 2.05) is 5.38 Å². The lowest BCUT2D eigenvalue weighted by Gasteiger charge is -2.16.